The topological polar surface area (TPSA) is 18.5 Å². The minimum Gasteiger partial charge on any atom is -0.347 e. The Morgan fingerprint density at radius 2 is 1.50 bits per heavy atom. The van der Waals surface area contributed by atoms with Crippen LogP contribution in [0.15, 0.2) is 0 Å². The first kappa shape index (κ1) is 9.80. The summed E-state index contributed by atoms with van der Waals surface area (Å²) in [6.07, 6.45) is -6.86. The van der Waals surface area contributed by atoms with Crippen LogP contribution in [0.5, 0.6) is 0 Å². The van der Waals surface area contributed by atoms with Gasteiger partial charge in [-0.25, -0.2) is 0 Å². The molecular weight excluding hydrogens is 173 g/mol. The smallest absolute Gasteiger partial charge is 0.347 e. The lowest BCUT2D eigenvalue weighted by atomic mass is 10.3. The first-order valence-corrected chi connectivity index (χ1v) is 3.76. The lowest BCUT2D eigenvalue weighted by Crippen LogP contribution is -2.20. The van der Waals surface area contributed by atoms with Crippen molar-refractivity contribution in [2.45, 2.75) is 44.9 Å². The zero-order valence-corrected chi connectivity index (χ0v) is 6.89. The predicted octanol–water partition coefficient (Wildman–Crippen LogP) is 2.09. The second kappa shape index (κ2) is 3.22. The summed E-state index contributed by atoms with van der Waals surface area (Å²) in [6, 6.07) is 0. The Bertz CT molecular complexity index is 147. The van der Waals surface area contributed by atoms with E-state index in [-0.39, 0.29) is 12.2 Å². The Hall–Kier alpha value is -0.290. The van der Waals surface area contributed by atoms with E-state index in [1.165, 1.54) is 0 Å². The van der Waals surface area contributed by atoms with Crippen molar-refractivity contribution in [3.8, 4) is 0 Å². The Kier molecular flexibility index (Phi) is 2.63. The number of ether oxygens (including phenoxy) is 2. The molecule has 1 fully saturated rings. The normalized spacial score (nSPS) is 37.2. The molecule has 2 nitrogen and oxygen atoms in total. The highest BCUT2D eigenvalue weighted by atomic mass is 19.4. The van der Waals surface area contributed by atoms with Gasteiger partial charge in [0.25, 0.3) is 0 Å². The lowest BCUT2D eigenvalue weighted by Gasteiger charge is -2.11. The molecule has 1 rings (SSSR count). The SMILES string of the molecule is CC1OC(CC(F)(F)F)OC1C. The van der Waals surface area contributed by atoms with E-state index in [1.54, 1.807) is 13.8 Å². The van der Waals surface area contributed by atoms with Crippen LogP contribution in [-0.2, 0) is 9.47 Å². The molecule has 0 aromatic carbocycles. The van der Waals surface area contributed by atoms with Gasteiger partial charge in [0.15, 0.2) is 6.29 Å². The number of rotatable bonds is 1. The van der Waals surface area contributed by atoms with E-state index in [2.05, 4.69) is 0 Å². The van der Waals surface area contributed by atoms with E-state index in [1.807, 2.05) is 0 Å². The average Bonchev–Trinajstić information content (AvgIpc) is 2.07. The van der Waals surface area contributed by atoms with Gasteiger partial charge in [-0.05, 0) is 13.8 Å². The fourth-order valence-electron chi connectivity index (χ4n) is 1.02. The highest BCUT2D eigenvalue weighted by Gasteiger charge is 2.39. The third-order valence-electron chi connectivity index (χ3n) is 1.79. The molecule has 72 valence electrons. The highest BCUT2D eigenvalue weighted by Crippen LogP contribution is 2.29. The van der Waals surface area contributed by atoms with Gasteiger partial charge in [-0.15, -0.1) is 0 Å². The van der Waals surface area contributed by atoms with E-state index in [4.69, 9.17) is 9.47 Å². The average molecular weight is 184 g/mol. The number of hydrogen-bond acceptors (Lipinski definition) is 2. The van der Waals surface area contributed by atoms with Crippen molar-refractivity contribution in [3.05, 3.63) is 0 Å². The van der Waals surface area contributed by atoms with E-state index in [9.17, 15) is 13.2 Å². The van der Waals surface area contributed by atoms with E-state index in [0.717, 1.165) is 0 Å². The first-order chi connectivity index (χ1) is 5.38. The van der Waals surface area contributed by atoms with Crippen molar-refractivity contribution >= 4 is 0 Å². The van der Waals surface area contributed by atoms with E-state index < -0.39 is 18.9 Å². The molecule has 1 heterocycles. The zero-order chi connectivity index (χ0) is 9.35. The largest absolute Gasteiger partial charge is 0.393 e. The molecule has 0 N–H and O–H groups in total. The molecule has 0 aromatic heterocycles. The molecule has 12 heavy (non-hydrogen) atoms. The first-order valence-electron chi connectivity index (χ1n) is 3.76. The maximum atomic E-state index is 11.8. The van der Waals surface area contributed by atoms with Gasteiger partial charge in [0.2, 0.25) is 0 Å². The van der Waals surface area contributed by atoms with Gasteiger partial charge in [0.05, 0.1) is 18.6 Å². The van der Waals surface area contributed by atoms with Crippen molar-refractivity contribution in [2.75, 3.05) is 0 Å². The molecule has 0 radical (unpaired) electrons. The highest BCUT2D eigenvalue weighted by molar-refractivity contribution is 4.70. The van der Waals surface area contributed by atoms with Crippen LogP contribution >= 0.6 is 0 Å². The van der Waals surface area contributed by atoms with Crippen molar-refractivity contribution in [1.29, 1.82) is 0 Å². The maximum Gasteiger partial charge on any atom is 0.393 e. The molecule has 2 atom stereocenters. The van der Waals surface area contributed by atoms with Crippen LogP contribution < -0.4 is 0 Å². The summed E-state index contributed by atoms with van der Waals surface area (Å²) in [7, 11) is 0. The zero-order valence-electron chi connectivity index (χ0n) is 6.89. The second-order valence-corrected chi connectivity index (χ2v) is 2.93. The van der Waals surface area contributed by atoms with Crippen LogP contribution in [0.1, 0.15) is 20.3 Å². The number of alkyl halides is 3. The van der Waals surface area contributed by atoms with Crippen LogP contribution in [0.4, 0.5) is 13.2 Å². The second-order valence-electron chi connectivity index (χ2n) is 2.93. The van der Waals surface area contributed by atoms with Gasteiger partial charge in [0, 0.05) is 0 Å². The molecular formula is C7H11F3O2. The van der Waals surface area contributed by atoms with Gasteiger partial charge < -0.3 is 9.47 Å². The summed E-state index contributed by atoms with van der Waals surface area (Å²) >= 11 is 0. The maximum absolute atomic E-state index is 11.8. The summed E-state index contributed by atoms with van der Waals surface area (Å²) in [5.74, 6) is 0. The third kappa shape index (κ3) is 2.64. The summed E-state index contributed by atoms with van der Waals surface area (Å²) in [5, 5.41) is 0. The van der Waals surface area contributed by atoms with Gasteiger partial charge in [-0.2, -0.15) is 13.2 Å². The number of halogens is 3. The molecule has 1 aliphatic heterocycles. The van der Waals surface area contributed by atoms with Crippen molar-refractivity contribution in [2.24, 2.45) is 0 Å². The molecule has 5 heteroatoms. The Morgan fingerprint density at radius 1 is 1.08 bits per heavy atom. The summed E-state index contributed by atoms with van der Waals surface area (Å²) in [4.78, 5) is 0. The molecule has 0 aromatic rings. The van der Waals surface area contributed by atoms with Gasteiger partial charge in [0.1, 0.15) is 0 Å². The lowest BCUT2D eigenvalue weighted by molar-refractivity contribution is -0.192. The third-order valence-corrected chi connectivity index (χ3v) is 1.79. The van der Waals surface area contributed by atoms with E-state index in [0.29, 0.717) is 0 Å². The summed E-state index contributed by atoms with van der Waals surface area (Å²) in [5.41, 5.74) is 0. The summed E-state index contributed by atoms with van der Waals surface area (Å²) in [6.45, 7) is 3.39. The fourth-order valence-corrected chi connectivity index (χ4v) is 1.02. The Labute approximate surface area is 68.6 Å². The van der Waals surface area contributed by atoms with Gasteiger partial charge in [-0.1, -0.05) is 0 Å². The molecule has 0 aliphatic carbocycles. The molecule has 2 unspecified atom stereocenters. The standard InChI is InChI=1S/C7H11F3O2/c1-4-5(2)12-6(11-4)3-7(8,9)10/h4-6H,3H2,1-2H3. The van der Waals surface area contributed by atoms with Gasteiger partial charge >= 0.3 is 6.18 Å². The van der Waals surface area contributed by atoms with Crippen LogP contribution in [0, 0.1) is 0 Å². The van der Waals surface area contributed by atoms with Crippen LogP contribution in [0.25, 0.3) is 0 Å². The van der Waals surface area contributed by atoms with E-state index >= 15 is 0 Å². The summed E-state index contributed by atoms with van der Waals surface area (Å²) < 4.78 is 45.2. The molecule has 0 spiro atoms. The Balaban J connectivity index is 2.38. The monoisotopic (exact) mass is 184 g/mol. The molecule has 0 amide bonds. The molecule has 1 saturated heterocycles. The predicted molar refractivity (Wildman–Crippen MR) is 35.6 cm³/mol. The Morgan fingerprint density at radius 3 is 1.83 bits per heavy atom. The van der Waals surface area contributed by atoms with Gasteiger partial charge in [-0.3, -0.25) is 0 Å². The number of hydrogen-bond donors (Lipinski definition) is 0. The minimum atomic E-state index is -4.21. The van der Waals surface area contributed by atoms with Crippen molar-refractivity contribution in [1.82, 2.24) is 0 Å². The van der Waals surface area contributed by atoms with Crippen molar-refractivity contribution in [3.63, 3.8) is 0 Å². The molecule has 0 saturated carbocycles. The van der Waals surface area contributed by atoms with Crippen LogP contribution in [-0.4, -0.2) is 24.7 Å². The minimum absolute atomic E-state index is 0.252. The van der Waals surface area contributed by atoms with Crippen molar-refractivity contribution < 1.29 is 22.6 Å². The fraction of sp³-hybridized carbons (Fsp3) is 1.00. The molecule has 0 bridgehead atoms. The van der Waals surface area contributed by atoms with Crippen LogP contribution in [0.3, 0.4) is 0 Å². The van der Waals surface area contributed by atoms with Crippen LogP contribution in [0.2, 0.25) is 0 Å². The molecule has 1 aliphatic rings. The quantitative estimate of drug-likeness (QED) is 0.621.